The van der Waals surface area contributed by atoms with Crippen molar-refractivity contribution in [2.75, 3.05) is 11.1 Å². The molecule has 0 aliphatic carbocycles. The summed E-state index contributed by atoms with van der Waals surface area (Å²) in [6.07, 6.45) is 5.33. The van der Waals surface area contributed by atoms with Gasteiger partial charge in [-0.05, 0) is 36.4 Å². The fourth-order valence-electron chi connectivity index (χ4n) is 2.69. The summed E-state index contributed by atoms with van der Waals surface area (Å²) in [6.45, 7) is 0. The Hall–Kier alpha value is -2.97. The van der Waals surface area contributed by atoms with E-state index in [9.17, 15) is 4.79 Å². The van der Waals surface area contributed by atoms with Crippen LogP contribution in [0.4, 0.5) is 5.69 Å². The van der Waals surface area contributed by atoms with Crippen molar-refractivity contribution in [3.63, 3.8) is 0 Å². The van der Waals surface area contributed by atoms with Crippen molar-refractivity contribution in [1.29, 1.82) is 0 Å². The number of aromatic nitrogens is 3. The molecule has 0 radical (unpaired) electrons. The quantitative estimate of drug-likeness (QED) is 0.414. The van der Waals surface area contributed by atoms with Crippen LogP contribution in [0.5, 0.6) is 0 Å². The minimum absolute atomic E-state index is 0.0451. The van der Waals surface area contributed by atoms with Crippen molar-refractivity contribution in [2.24, 2.45) is 7.05 Å². The van der Waals surface area contributed by atoms with Crippen LogP contribution in [0.1, 0.15) is 5.69 Å². The average molecular weight is 437 g/mol. The van der Waals surface area contributed by atoms with Gasteiger partial charge in [0.05, 0.1) is 11.4 Å². The Labute approximate surface area is 183 Å². The monoisotopic (exact) mass is 436 g/mol. The van der Waals surface area contributed by atoms with Crippen molar-refractivity contribution in [1.82, 2.24) is 14.5 Å². The lowest BCUT2D eigenvalue weighted by Crippen LogP contribution is -2.14. The van der Waals surface area contributed by atoms with Gasteiger partial charge in [0.2, 0.25) is 11.8 Å². The Morgan fingerprint density at radius 3 is 2.67 bits per heavy atom. The van der Waals surface area contributed by atoms with Crippen molar-refractivity contribution >= 4 is 35.1 Å². The molecule has 0 saturated carbocycles. The summed E-state index contributed by atoms with van der Waals surface area (Å²) in [5, 5.41) is 3.85. The third kappa shape index (κ3) is 5.34. The molecule has 8 heteroatoms. The Kier molecular flexibility index (Phi) is 6.56. The number of anilines is 1. The lowest BCUT2D eigenvalue weighted by Gasteiger charge is -2.06. The second-order valence-electron chi connectivity index (χ2n) is 6.50. The Morgan fingerprint density at radius 2 is 1.93 bits per heavy atom. The van der Waals surface area contributed by atoms with Crippen molar-refractivity contribution in [3.8, 4) is 11.5 Å². The van der Waals surface area contributed by atoms with E-state index in [2.05, 4.69) is 15.3 Å². The minimum Gasteiger partial charge on any atom is -0.444 e. The van der Waals surface area contributed by atoms with Gasteiger partial charge >= 0.3 is 0 Å². The predicted molar refractivity (Wildman–Crippen MR) is 121 cm³/mol. The number of rotatable bonds is 8. The first-order valence-electron chi connectivity index (χ1n) is 9.30. The van der Waals surface area contributed by atoms with Gasteiger partial charge in [-0.2, -0.15) is 0 Å². The number of amides is 1. The van der Waals surface area contributed by atoms with Crippen LogP contribution in [-0.2, 0) is 17.6 Å². The first kappa shape index (κ1) is 20.3. The second-order valence-corrected chi connectivity index (χ2v) is 8.52. The smallest absolute Gasteiger partial charge is 0.234 e. The van der Waals surface area contributed by atoms with Gasteiger partial charge in [0.25, 0.3) is 0 Å². The van der Waals surface area contributed by atoms with Gasteiger partial charge in [0, 0.05) is 41.3 Å². The average Bonchev–Trinajstić information content (AvgIpc) is 3.39. The van der Waals surface area contributed by atoms with Gasteiger partial charge in [-0.25, -0.2) is 9.97 Å². The van der Waals surface area contributed by atoms with E-state index >= 15 is 0 Å². The summed E-state index contributed by atoms with van der Waals surface area (Å²) in [6, 6.07) is 17.5. The maximum Gasteiger partial charge on any atom is 0.234 e. The highest BCUT2D eigenvalue weighted by Gasteiger charge is 2.09. The molecule has 0 unspecified atom stereocenters. The minimum atomic E-state index is -0.0451. The number of hydrogen-bond donors (Lipinski definition) is 1. The molecule has 2 aromatic heterocycles. The Morgan fingerprint density at radius 1 is 1.13 bits per heavy atom. The van der Waals surface area contributed by atoms with Gasteiger partial charge in [0.15, 0.2) is 5.16 Å². The van der Waals surface area contributed by atoms with Crippen molar-refractivity contribution in [3.05, 3.63) is 78.9 Å². The molecule has 0 saturated heterocycles. The number of nitrogens with one attached hydrogen (secondary N) is 1. The molecule has 30 heavy (non-hydrogen) atoms. The maximum absolute atomic E-state index is 12.2. The Bertz CT molecular complexity index is 1110. The number of imidazole rings is 1. The molecule has 0 atom stereocenters. The van der Waals surface area contributed by atoms with E-state index in [1.807, 2.05) is 72.4 Å². The van der Waals surface area contributed by atoms with Crippen LogP contribution >= 0.6 is 23.5 Å². The molecule has 0 aliphatic rings. The molecule has 1 N–H and O–H groups in total. The summed E-state index contributed by atoms with van der Waals surface area (Å²) in [7, 11) is 1.96. The van der Waals surface area contributed by atoms with E-state index in [1.54, 1.807) is 24.2 Å². The summed E-state index contributed by atoms with van der Waals surface area (Å²) in [5.41, 5.74) is 2.54. The summed E-state index contributed by atoms with van der Waals surface area (Å²) in [5.74, 6) is 1.51. The summed E-state index contributed by atoms with van der Waals surface area (Å²) in [4.78, 5) is 22.1. The number of oxazole rings is 1. The number of nitrogens with zero attached hydrogens (tertiary/aromatic N) is 3. The Balaban J connectivity index is 1.23. The lowest BCUT2D eigenvalue weighted by molar-refractivity contribution is -0.113. The number of carbonyl (C=O) groups is 1. The highest BCUT2D eigenvalue weighted by atomic mass is 32.2. The van der Waals surface area contributed by atoms with Crippen LogP contribution in [0.2, 0.25) is 0 Å². The molecule has 0 bridgehead atoms. The lowest BCUT2D eigenvalue weighted by atomic mass is 10.2. The summed E-state index contributed by atoms with van der Waals surface area (Å²) >= 11 is 3.08. The fraction of sp³-hybridized carbons (Fsp3) is 0.136. The zero-order chi connectivity index (χ0) is 20.8. The predicted octanol–water partition coefficient (Wildman–Crippen LogP) is 5.10. The van der Waals surface area contributed by atoms with E-state index in [4.69, 9.17) is 4.42 Å². The van der Waals surface area contributed by atoms with Gasteiger partial charge in [-0.3, -0.25) is 4.79 Å². The number of carbonyl (C=O) groups excluding carboxylic acids is 1. The third-order valence-corrected chi connectivity index (χ3v) is 6.23. The van der Waals surface area contributed by atoms with E-state index in [0.717, 1.165) is 27.0 Å². The molecular weight excluding hydrogens is 416 g/mol. The first-order chi connectivity index (χ1) is 14.7. The van der Waals surface area contributed by atoms with Crippen LogP contribution in [-0.4, -0.2) is 26.2 Å². The molecular formula is C22H20N4O2S2. The van der Waals surface area contributed by atoms with E-state index in [0.29, 0.717) is 17.4 Å². The third-order valence-electron chi connectivity index (χ3n) is 4.18. The van der Waals surface area contributed by atoms with Gasteiger partial charge < -0.3 is 14.3 Å². The molecule has 152 valence electrons. The molecule has 2 aromatic carbocycles. The van der Waals surface area contributed by atoms with Crippen LogP contribution < -0.4 is 5.32 Å². The highest BCUT2D eigenvalue weighted by Crippen LogP contribution is 2.27. The zero-order valence-corrected chi connectivity index (χ0v) is 18.0. The maximum atomic E-state index is 12.2. The second kappa shape index (κ2) is 9.69. The fourth-order valence-corrected chi connectivity index (χ4v) is 4.20. The number of hydrogen-bond acceptors (Lipinski definition) is 6. The topological polar surface area (TPSA) is 73.0 Å². The number of thioether (sulfide) groups is 1. The number of aryl methyl sites for hydroxylation is 1. The van der Waals surface area contributed by atoms with E-state index < -0.39 is 0 Å². The molecule has 0 spiro atoms. The zero-order valence-electron chi connectivity index (χ0n) is 16.3. The SMILES string of the molecule is Cn1ccnc1Sc1ccc(NC(=O)CSCc2coc(-c3ccccc3)n2)cc1. The largest absolute Gasteiger partial charge is 0.444 e. The van der Waals surface area contributed by atoms with Crippen molar-refractivity contribution in [2.45, 2.75) is 15.8 Å². The molecule has 4 aromatic rings. The molecule has 0 fully saturated rings. The molecule has 1 amide bonds. The summed E-state index contributed by atoms with van der Waals surface area (Å²) < 4.78 is 7.49. The van der Waals surface area contributed by atoms with Crippen LogP contribution in [0, 0.1) is 0 Å². The van der Waals surface area contributed by atoms with Gasteiger partial charge in [0.1, 0.15) is 6.26 Å². The van der Waals surface area contributed by atoms with E-state index in [-0.39, 0.29) is 5.91 Å². The highest BCUT2D eigenvalue weighted by molar-refractivity contribution is 7.99. The van der Waals surface area contributed by atoms with Gasteiger partial charge in [-0.1, -0.05) is 30.0 Å². The standard InChI is InChI=1S/C22H20N4O2S2/c1-26-12-11-23-22(26)30-19-9-7-17(8-10-19)24-20(27)15-29-14-18-13-28-21(25-18)16-5-3-2-4-6-16/h2-13H,14-15H2,1H3,(H,24,27). The van der Waals surface area contributed by atoms with Gasteiger partial charge in [-0.15, -0.1) is 11.8 Å². The first-order valence-corrected chi connectivity index (χ1v) is 11.3. The van der Waals surface area contributed by atoms with Crippen LogP contribution in [0.25, 0.3) is 11.5 Å². The number of benzene rings is 2. The van der Waals surface area contributed by atoms with Crippen LogP contribution in [0.15, 0.2) is 87.7 Å². The molecule has 0 aliphatic heterocycles. The molecule has 6 nitrogen and oxygen atoms in total. The molecule has 2 heterocycles. The van der Waals surface area contributed by atoms with E-state index in [1.165, 1.54) is 11.8 Å². The normalized spacial score (nSPS) is 10.8. The van der Waals surface area contributed by atoms with Crippen LogP contribution in [0.3, 0.4) is 0 Å². The molecule has 4 rings (SSSR count). The van der Waals surface area contributed by atoms with Crippen molar-refractivity contribution < 1.29 is 9.21 Å².